The van der Waals surface area contributed by atoms with Gasteiger partial charge in [-0.25, -0.2) is 0 Å². The van der Waals surface area contributed by atoms with Gasteiger partial charge in [-0.2, -0.15) is 0 Å². The molecule has 2 aromatic carbocycles. The Morgan fingerprint density at radius 1 is 1.24 bits per heavy atom. The van der Waals surface area contributed by atoms with Crippen LogP contribution in [0.25, 0.3) is 11.3 Å². The molecule has 2 aliphatic rings. The molecule has 25 heavy (non-hydrogen) atoms. The van der Waals surface area contributed by atoms with Crippen molar-refractivity contribution in [2.75, 3.05) is 12.4 Å². The molecule has 2 N–H and O–H groups in total. The maximum atomic E-state index is 12.5. The molecule has 6 heteroatoms. The van der Waals surface area contributed by atoms with Crippen molar-refractivity contribution >= 4 is 28.9 Å². The minimum absolute atomic E-state index is 0.194. The van der Waals surface area contributed by atoms with E-state index >= 15 is 0 Å². The number of carbonyl (C=O) groups is 2. The molecule has 0 fully saturated rings. The lowest BCUT2D eigenvalue weighted by Gasteiger charge is -2.10. The number of nitrogens with one attached hydrogen (secondary N) is 1. The zero-order chi connectivity index (χ0) is 17.6. The van der Waals surface area contributed by atoms with Crippen LogP contribution in [0.2, 0.25) is 0 Å². The van der Waals surface area contributed by atoms with Crippen LogP contribution < -0.4 is 10.1 Å². The topological polar surface area (TPSA) is 84.9 Å². The fourth-order valence-corrected chi connectivity index (χ4v) is 3.26. The van der Waals surface area contributed by atoms with Gasteiger partial charge in [0.25, 0.3) is 5.91 Å². The van der Waals surface area contributed by atoms with Crippen LogP contribution in [0.3, 0.4) is 0 Å². The predicted molar refractivity (Wildman–Crippen MR) is 91.0 cm³/mol. The number of rotatable bonds is 3. The van der Waals surface area contributed by atoms with Gasteiger partial charge < -0.3 is 19.9 Å². The molecule has 6 nitrogen and oxygen atoms in total. The summed E-state index contributed by atoms with van der Waals surface area (Å²) in [6.45, 7) is 0. The van der Waals surface area contributed by atoms with E-state index in [9.17, 15) is 14.7 Å². The Kier molecular flexibility index (Phi) is 3.46. The summed E-state index contributed by atoms with van der Waals surface area (Å²) < 4.78 is 11.2. The summed E-state index contributed by atoms with van der Waals surface area (Å²) in [7, 11) is 1.55. The van der Waals surface area contributed by atoms with Crippen molar-refractivity contribution in [3.05, 3.63) is 59.2 Å². The van der Waals surface area contributed by atoms with E-state index in [1.807, 2.05) is 24.3 Å². The number of carbonyl (C=O) groups excluding carboxylic acids is 1. The smallest absolute Gasteiger partial charge is 0.307 e. The molecular formula is C19H15NO5. The van der Waals surface area contributed by atoms with Crippen molar-refractivity contribution < 1.29 is 24.2 Å². The Hall–Kier alpha value is -3.28. The van der Waals surface area contributed by atoms with E-state index in [1.54, 1.807) is 25.3 Å². The van der Waals surface area contributed by atoms with Crippen LogP contribution in [-0.4, -0.2) is 24.1 Å². The Morgan fingerprint density at radius 2 is 2.04 bits per heavy atom. The highest BCUT2D eigenvalue weighted by Crippen LogP contribution is 2.47. The first kappa shape index (κ1) is 15.3. The van der Waals surface area contributed by atoms with Crippen molar-refractivity contribution in [1.82, 2.24) is 0 Å². The highest BCUT2D eigenvalue weighted by molar-refractivity contribution is 6.36. The quantitative estimate of drug-likeness (QED) is 0.841. The van der Waals surface area contributed by atoms with Gasteiger partial charge >= 0.3 is 5.97 Å². The molecule has 2 aromatic rings. The van der Waals surface area contributed by atoms with E-state index in [1.165, 1.54) is 0 Å². The lowest BCUT2D eigenvalue weighted by molar-refractivity contribution is -0.139. The molecule has 0 saturated heterocycles. The second-order valence-electron chi connectivity index (χ2n) is 5.86. The number of hydrogen-bond donors (Lipinski definition) is 2. The lowest BCUT2D eigenvalue weighted by atomic mass is 9.98. The summed E-state index contributed by atoms with van der Waals surface area (Å²) in [5.74, 6) is -0.207. The van der Waals surface area contributed by atoms with Crippen LogP contribution in [0.4, 0.5) is 5.69 Å². The summed E-state index contributed by atoms with van der Waals surface area (Å²) in [6.07, 6.45) is -0.856. The largest absolute Gasteiger partial charge is 0.497 e. The summed E-state index contributed by atoms with van der Waals surface area (Å²) in [5, 5.41) is 12.0. The van der Waals surface area contributed by atoms with Gasteiger partial charge in [0.05, 0.1) is 19.1 Å². The molecule has 0 radical (unpaired) electrons. The third-order valence-electron chi connectivity index (χ3n) is 4.37. The highest BCUT2D eigenvalue weighted by Gasteiger charge is 2.37. The minimum Gasteiger partial charge on any atom is -0.497 e. The number of methoxy groups -OCH3 is 1. The zero-order valence-corrected chi connectivity index (χ0v) is 13.4. The molecule has 126 valence electrons. The average Bonchev–Trinajstić information content (AvgIpc) is 3.10. The number of benzene rings is 2. The Bertz CT molecular complexity index is 931. The second-order valence-corrected chi connectivity index (χ2v) is 5.86. The van der Waals surface area contributed by atoms with E-state index in [4.69, 9.17) is 9.47 Å². The molecule has 0 aliphatic carbocycles. The second kappa shape index (κ2) is 5.66. The fourth-order valence-electron chi connectivity index (χ4n) is 3.26. The van der Waals surface area contributed by atoms with Crippen LogP contribution in [0, 0.1) is 0 Å². The summed E-state index contributed by atoms with van der Waals surface area (Å²) in [5.41, 5.74) is 3.32. The van der Waals surface area contributed by atoms with Gasteiger partial charge in [0, 0.05) is 22.4 Å². The molecule has 2 aliphatic heterocycles. The van der Waals surface area contributed by atoms with E-state index < -0.39 is 12.1 Å². The maximum absolute atomic E-state index is 12.5. The van der Waals surface area contributed by atoms with Crippen molar-refractivity contribution in [2.24, 2.45) is 0 Å². The molecule has 1 amide bonds. The number of aliphatic carboxylic acids is 1. The van der Waals surface area contributed by atoms with Gasteiger partial charge in [-0.05, 0) is 24.3 Å². The summed E-state index contributed by atoms with van der Waals surface area (Å²) in [4.78, 5) is 23.7. The van der Waals surface area contributed by atoms with Crippen LogP contribution >= 0.6 is 0 Å². The average molecular weight is 337 g/mol. The van der Waals surface area contributed by atoms with Gasteiger partial charge in [-0.3, -0.25) is 9.59 Å². The number of anilines is 1. The number of carboxylic acid groups (broad SMARTS) is 1. The van der Waals surface area contributed by atoms with Gasteiger partial charge in [0.15, 0.2) is 0 Å². The number of amides is 1. The van der Waals surface area contributed by atoms with E-state index in [0.717, 1.165) is 11.3 Å². The van der Waals surface area contributed by atoms with Crippen LogP contribution in [-0.2, 0) is 14.3 Å². The summed E-state index contributed by atoms with van der Waals surface area (Å²) >= 11 is 0. The van der Waals surface area contributed by atoms with Crippen LogP contribution in [0.1, 0.15) is 29.2 Å². The molecule has 1 unspecified atom stereocenters. The van der Waals surface area contributed by atoms with E-state index in [2.05, 4.69) is 5.32 Å². The molecule has 0 aromatic heterocycles. The molecule has 4 rings (SSSR count). The normalized spacial score (nSPS) is 20.5. The van der Waals surface area contributed by atoms with Crippen molar-refractivity contribution in [3.63, 3.8) is 0 Å². The van der Waals surface area contributed by atoms with Gasteiger partial charge in [-0.1, -0.05) is 18.2 Å². The number of fused-ring (bicyclic) bond motifs is 2. The number of ether oxygens (including phenoxy) is 2. The standard InChI is InChI=1S/C19H15NO5/c1-24-10-6-7-11-13(8-10)15(9-16(21)22)25-18(11)17-12-4-2-3-5-14(12)20-19(17)23/h2-8,15H,9H2,1H3,(H,20,23)(H,21,22)/b18-17-. The molecule has 0 bridgehead atoms. The number of hydrogen-bond acceptors (Lipinski definition) is 4. The zero-order valence-electron chi connectivity index (χ0n) is 13.4. The first-order valence-electron chi connectivity index (χ1n) is 7.80. The predicted octanol–water partition coefficient (Wildman–Crippen LogP) is 3.06. The third-order valence-corrected chi connectivity index (χ3v) is 4.37. The fraction of sp³-hybridized carbons (Fsp3) is 0.158. The van der Waals surface area contributed by atoms with E-state index in [0.29, 0.717) is 28.2 Å². The van der Waals surface area contributed by atoms with Gasteiger partial charge in [-0.15, -0.1) is 0 Å². The van der Waals surface area contributed by atoms with Crippen molar-refractivity contribution in [2.45, 2.75) is 12.5 Å². The van der Waals surface area contributed by atoms with E-state index in [-0.39, 0.29) is 12.3 Å². The first-order chi connectivity index (χ1) is 12.1. The Labute approximate surface area is 143 Å². The van der Waals surface area contributed by atoms with Gasteiger partial charge in [0.1, 0.15) is 17.6 Å². The SMILES string of the molecule is COc1ccc2c(c1)C(CC(=O)O)O/C2=C1\C(=O)Nc2ccccc21. The molecule has 2 heterocycles. The van der Waals surface area contributed by atoms with Crippen LogP contribution in [0.15, 0.2) is 42.5 Å². The number of para-hydroxylation sites is 1. The Balaban J connectivity index is 1.90. The monoisotopic (exact) mass is 337 g/mol. The summed E-state index contributed by atoms with van der Waals surface area (Å²) in [6, 6.07) is 12.7. The number of carboxylic acids is 1. The maximum Gasteiger partial charge on any atom is 0.307 e. The molecule has 0 saturated carbocycles. The van der Waals surface area contributed by atoms with Crippen molar-refractivity contribution in [1.29, 1.82) is 0 Å². The molecule has 0 spiro atoms. The van der Waals surface area contributed by atoms with Crippen molar-refractivity contribution in [3.8, 4) is 5.75 Å². The third kappa shape index (κ3) is 2.42. The minimum atomic E-state index is -0.971. The Morgan fingerprint density at radius 3 is 2.80 bits per heavy atom. The lowest BCUT2D eigenvalue weighted by Crippen LogP contribution is -2.07. The van der Waals surface area contributed by atoms with Crippen LogP contribution in [0.5, 0.6) is 5.75 Å². The van der Waals surface area contributed by atoms with Gasteiger partial charge in [0.2, 0.25) is 0 Å². The first-order valence-corrected chi connectivity index (χ1v) is 7.80. The molecular weight excluding hydrogens is 322 g/mol. The highest BCUT2D eigenvalue weighted by atomic mass is 16.5. The molecule has 1 atom stereocenters.